The van der Waals surface area contributed by atoms with Gasteiger partial charge in [-0.1, -0.05) is 35.9 Å². The number of hydrogen-bond acceptors (Lipinski definition) is 2. The van der Waals surface area contributed by atoms with Crippen LogP contribution in [-0.4, -0.2) is 31.1 Å². The van der Waals surface area contributed by atoms with Gasteiger partial charge in [-0.2, -0.15) is 0 Å². The number of rotatable bonds is 7. The number of piperidine rings is 1. The van der Waals surface area contributed by atoms with E-state index in [2.05, 4.69) is 17.4 Å². The highest BCUT2D eigenvalue weighted by Crippen LogP contribution is 2.10. The van der Waals surface area contributed by atoms with Crippen molar-refractivity contribution in [3.63, 3.8) is 0 Å². The molecule has 1 fully saturated rings. The molecule has 3 rings (SSSR count). The summed E-state index contributed by atoms with van der Waals surface area (Å²) >= 11 is 5.96. The van der Waals surface area contributed by atoms with E-state index >= 15 is 0 Å². The van der Waals surface area contributed by atoms with E-state index in [1.54, 1.807) is 4.90 Å². The molecule has 1 amide bonds. The maximum atomic E-state index is 12.5. The van der Waals surface area contributed by atoms with E-state index < -0.39 is 0 Å². The van der Waals surface area contributed by atoms with Gasteiger partial charge in [-0.05, 0) is 43.7 Å². The van der Waals surface area contributed by atoms with Gasteiger partial charge in [0.15, 0.2) is 0 Å². The summed E-state index contributed by atoms with van der Waals surface area (Å²) in [5, 5.41) is 3.97. The molecule has 1 aliphatic rings. The summed E-state index contributed by atoms with van der Waals surface area (Å²) in [6.45, 7) is 7.76. The van der Waals surface area contributed by atoms with E-state index in [0.29, 0.717) is 12.2 Å². The molecule has 1 aliphatic heterocycles. The predicted molar refractivity (Wildman–Crippen MR) is 113 cm³/mol. The highest BCUT2D eigenvalue weighted by atomic mass is 35.5. The van der Waals surface area contributed by atoms with Crippen molar-refractivity contribution >= 4 is 17.5 Å². The second-order valence-electron chi connectivity index (χ2n) is 7.86. The molecule has 0 radical (unpaired) electrons. The molecule has 4 nitrogen and oxygen atoms in total. The lowest BCUT2D eigenvalue weighted by Gasteiger charge is -2.29. The fraction of sp³-hybridized carbons (Fsp3) is 0.435. The third kappa shape index (κ3) is 6.33. The average Bonchev–Trinajstić information content (AvgIpc) is 2.70. The highest BCUT2D eigenvalue weighted by Gasteiger charge is 2.23. The third-order valence-corrected chi connectivity index (χ3v) is 5.45. The molecule has 0 spiro atoms. The zero-order valence-corrected chi connectivity index (χ0v) is 17.5. The average molecular weight is 402 g/mol. The number of likely N-dealkylation sites (tertiary alicyclic amines) is 1. The van der Waals surface area contributed by atoms with Gasteiger partial charge >= 0.3 is 0 Å². The van der Waals surface area contributed by atoms with Crippen LogP contribution in [0.15, 0.2) is 48.5 Å². The molecule has 0 aliphatic carbocycles. The number of benzene rings is 2. The fourth-order valence-electron chi connectivity index (χ4n) is 3.52. The van der Waals surface area contributed by atoms with Gasteiger partial charge in [0.2, 0.25) is 0 Å². The Morgan fingerprint density at radius 3 is 2.29 bits per heavy atom. The van der Waals surface area contributed by atoms with Gasteiger partial charge in [0, 0.05) is 35.0 Å². The highest BCUT2D eigenvalue weighted by molar-refractivity contribution is 6.30. The minimum atomic E-state index is 0.0162. The summed E-state index contributed by atoms with van der Waals surface area (Å²) in [6, 6.07) is 16.0. The quantitative estimate of drug-likeness (QED) is 0.747. The summed E-state index contributed by atoms with van der Waals surface area (Å²) in [5.74, 6) is 0.0162. The summed E-state index contributed by atoms with van der Waals surface area (Å²) in [7, 11) is 0. The minimum Gasteiger partial charge on any atom is -0.374 e. The van der Waals surface area contributed by atoms with Crippen molar-refractivity contribution in [2.45, 2.75) is 52.0 Å². The first-order chi connectivity index (χ1) is 13.5. The number of quaternary nitrogens is 1. The molecule has 5 heteroatoms. The number of carbonyl (C=O) groups is 1. The van der Waals surface area contributed by atoms with E-state index in [9.17, 15) is 4.79 Å². The Hall–Kier alpha value is -1.88. The molecule has 1 saturated heterocycles. The molecule has 2 N–H and O–H groups in total. The number of ether oxygens (including phenoxy) is 1. The van der Waals surface area contributed by atoms with Crippen LogP contribution >= 0.6 is 11.6 Å². The molecule has 2 aromatic carbocycles. The molecule has 2 aromatic rings. The maximum Gasteiger partial charge on any atom is 0.251 e. The van der Waals surface area contributed by atoms with Crippen LogP contribution in [0.3, 0.4) is 0 Å². The first-order valence-corrected chi connectivity index (χ1v) is 10.5. The molecule has 0 bridgehead atoms. The second kappa shape index (κ2) is 10.1. The maximum absolute atomic E-state index is 12.5. The molecule has 0 aromatic heterocycles. The fourth-order valence-corrected chi connectivity index (χ4v) is 3.65. The SMILES string of the molecule is CC(C)OCc1ccc(C(=O)NC2CC[NH+](Cc3ccc(Cl)cc3)CC2)cc1. The molecule has 0 unspecified atom stereocenters. The molecule has 0 atom stereocenters. The number of nitrogens with one attached hydrogen (secondary N) is 2. The summed E-state index contributed by atoms with van der Waals surface area (Å²) in [4.78, 5) is 14.1. The number of carbonyl (C=O) groups excluding carboxylic acids is 1. The normalized spacial score (nSPS) is 19.6. The van der Waals surface area contributed by atoms with Crippen molar-refractivity contribution in [3.8, 4) is 0 Å². The second-order valence-corrected chi connectivity index (χ2v) is 8.29. The van der Waals surface area contributed by atoms with Gasteiger partial charge < -0.3 is 15.0 Å². The molecule has 0 saturated carbocycles. The van der Waals surface area contributed by atoms with Crippen LogP contribution in [0.1, 0.15) is 48.2 Å². The van der Waals surface area contributed by atoms with Crippen molar-refractivity contribution in [2.75, 3.05) is 13.1 Å². The van der Waals surface area contributed by atoms with Crippen LogP contribution in [0.2, 0.25) is 5.02 Å². The van der Waals surface area contributed by atoms with E-state index in [1.165, 1.54) is 5.56 Å². The standard InChI is InChI=1S/C23H29ClN2O2/c1-17(2)28-16-19-3-7-20(8-4-19)23(27)25-22-11-13-26(14-12-22)15-18-5-9-21(24)10-6-18/h3-10,17,22H,11-16H2,1-2H3,(H,25,27)/p+1. The van der Waals surface area contributed by atoms with Crippen LogP contribution in [0.4, 0.5) is 0 Å². The zero-order chi connectivity index (χ0) is 19.9. The number of halogens is 1. The van der Waals surface area contributed by atoms with Crippen LogP contribution in [0.25, 0.3) is 0 Å². The Morgan fingerprint density at radius 2 is 1.68 bits per heavy atom. The van der Waals surface area contributed by atoms with E-state index in [0.717, 1.165) is 43.1 Å². The van der Waals surface area contributed by atoms with Crippen molar-refractivity contribution in [2.24, 2.45) is 0 Å². The Morgan fingerprint density at radius 1 is 1.07 bits per heavy atom. The molecule has 28 heavy (non-hydrogen) atoms. The van der Waals surface area contributed by atoms with Crippen LogP contribution in [0, 0.1) is 0 Å². The van der Waals surface area contributed by atoms with Gasteiger partial charge in [0.05, 0.1) is 25.8 Å². The Labute approximate surface area is 172 Å². The van der Waals surface area contributed by atoms with Crippen LogP contribution in [-0.2, 0) is 17.9 Å². The van der Waals surface area contributed by atoms with E-state index in [1.807, 2.05) is 50.2 Å². The molecular formula is C23H30ClN2O2+. The molecule has 150 valence electrons. The first kappa shape index (κ1) is 20.8. The van der Waals surface area contributed by atoms with Gasteiger partial charge in [0.1, 0.15) is 6.54 Å². The van der Waals surface area contributed by atoms with E-state index in [-0.39, 0.29) is 18.1 Å². The van der Waals surface area contributed by atoms with Crippen molar-refractivity contribution in [3.05, 3.63) is 70.2 Å². The van der Waals surface area contributed by atoms with Crippen LogP contribution in [0.5, 0.6) is 0 Å². The van der Waals surface area contributed by atoms with Gasteiger partial charge in [-0.15, -0.1) is 0 Å². The van der Waals surface area contributed by atoms with Crippen molar-refractivity contribution < 1.29 is 14.4 Å². The van der Waals surface area contributed by atoms with Crippen LogP contribution < -0.4 is 10.2 Å². The Bertz CT molecular complexity index is 751. The number of hydrogen-bond donors (Lipinski definition) is 2. The monoisotopic (exact) mass is 401 g/mol. The lowest BCUT2D eigenvalue weighted by molar-refractivity contribution is -0.918. The van der Waals surface area contributed by atoms with Gasteiger partial charge in [-0.25, -0.2) is 0 Å². The summed E-state index contributed by atoms with van der Waals surface area (Å²) in [6.07, 6.45) is 2.22. The van der Waals surface area contributed by atoms with E-state index in [4.69, 9.17) is 16.3 Å². The minimum absolute atomic E-state index is 0.0162. The topological polar surface area (TPSA) is 42.8 Å². The molecular weight excluding hydrogens is 372 g/mol. The predicted octanol–water partition coefficient (Wildman–Crippen LogP) is 3.24. The van der Waals surface area contributed by atoms with Crippen molar-refractivity contribution in [1.82, 2.24) is 5.32 Å². The smallest absolute Gasteiger partial charge is 0.251 e. The van der Waals surface area contributed by atoms with Gasteiger partial charge in [-0.3, -0.25) is 4.79 Å². The Kier molecular flexibility index (Phi) is 7.49. The molecule has 1 heterocycles. The summed E-state index contributed by atoms with van der Waals surface area (Å²) < 4.78 is 5.60. The van der Waals surface area contributed by atoms with Gasteiger partial charge in [0.25, 0.3) is 5.91 Å². The van der Waals surface area contributed by atoms with Crippen molar-refractivity contribution in [1.29, 1.82) is 0 Å². The third-order valence-electron chi connectivity index (χ3n) is 5.19. The summed E-state index contributed by atoms with van der Waals surface area (Å²) in [5.41, 5.74) is 3.11. The lowest BCUT2D eigenvalue weighted by Crippen LogP contribution is -3.12. The largest absolute Gasteiger partial charge is 0.374 e. The number of amides is 1. The Balaban J connectivity index is 1.43. The zero-order valence-electron chi connectivity index (χ0n) is 16.7. The first-order valence-electron chi connectivity index (χ1n) is 10.1. The lowest BCUT2D eigenvalue weighted by atomic mass is 10.0.